The summed E-state index contributed by atoms with van der Waals surface area (Å²) in [5.41, 5.74) is 3.34. The fraction of sp³-hybridized carbons (Fsp3) is 0.100. The van der Waals surface area contributed by atoms with Crippen molar-refractivity contribution in [3.8, 4) is 11.3 Å². The Morgan fingerprint density at radius 1 is 0.920 bits per heavy atom. The monoisotopic (exact) mass is 332 g/mol. The van der Waals surface area contributed by atoms with Crippen LogP contribution in [0.1, 0.15) is 0 Å². The van der Waals surface area contributed by atoms with Crippen LogP contribution in [0.25, 0.3) is 22.3 Å². The second-order valence-corrected chi connectivity index (χ2v) is 6.09. The molecule has 1 aliphatic rings. The molecular weight excluding hydrogens is 316 g/mol. The highest BCUT2D eigenvalue weighted by molar-refractivity contribution is 6.28. The zero-order valence-electron chi connectivity index (χ0n) is 13.9. The molecule has 0 saturated carbocycles. The number of fused-ring (bicyclic) bond motifs is 1. The largest absolute Gasteiger partial charge is 0.456 e. The number of amides is 2. The molecule has 0 spiro atoms. The lowest BCUT2D eigenvalue weighted by molar-refractivity contribution is -0.119. The number of imide groups is 1. The predicted octanol–water partition coefficient (Wildman–Crippen LogP) is 3.60. The lowest BCUT2D eigenvalue weighted by Crippen LogP contribution is -2.29. The molecule has 0 fully saturated rings. The summed E-state index contributed by atoms with van der Waals surface area (Å²) in [4.78, 5) is 26.7. The Morgan fingerprint density at radius 2 is 1.60 bits per heavy atom. The Kier molecular flexibility index (Phi) is 3.42. The summed E-state index contributed by atoms with van der Waals surface area (Å²) in [6.45, 7) is 0. The Labute approximate surface area is 144 Å². The molecular formula is C20H16N2O3. The number of carbonyl (C=O) groups is 2. The fourth-order valence-corrected chi connectivity index (χ4v) is 3.01. The normalized spacial score (nSPS) is 13.9. The molecule has 0 unspecified atom stereocenters. The van der Waals surface area contributed by atoms with Crippen LogP contribution < -0.4 is 9.80 Å². The number of rotatable bonds is 3. The Bertz CT molecular complexity index is 995. The van der Waals surface area contributed by atoms with Gasteiger partial charge >= 0.3 is 0 Å². The SMILES string of the molecule is CN(C)c1cccc2oc(-c3ccc(N4C(=O)C=CC4=O)cc3)cc12. The van der Waals surface area contributed by atoms with Crippen LogP contribution in [0.15, 0.2) is 65.1 Å². The molecule has 2 amide bonds. The van der Waals surface area contributed by atoms with E-state index in [4.69, 9.17) is 4.42 Å². The van der Waals surface area contributed by atoms with Crippen LogP contribution in [0.4, 0.5) is 11.4 Å². The van der Waals surface area contributed by atoms with Crippen LogP contribution in [-0.2, 0) is 9.59 Å². The lowest BCUT2D eigenvalue weighted by atomic mass is 10.1. The molecule has 4 rings (SSSR count). The molecule has 5 heteroatoms. The van der Waals surface area contributed by atoms with Gasteiger partial charge in [0, 0.05) is 42.9 Å². The lowest BCUT2D eigenvalue weighted by Gasteiger charge is -2.13. The molecule has 0 radical (unpaired) electrons. The molecule has 0 aliphatic carbocycles. The standard InChI is InChI=1S/C20H16N2O3/c1-21(2)16-4-3-5-17-15(16)12-18(25-17)13-6-8-14(9-7-13)22-19(23)10-11-20(22)24/h3-12H,1-2H3. The van der Waals surface area contributed by atoms with Gasteiger partial charge in [-0.05, 0) is 42.5 Å². The Balaban J connectivity index is 1.71. The second-order valence-electron chi connectivity index (χ2n) is 6.09. The van der Waals surface area contributed by atoms with Crippen molar-refractivity contribution in [2.75, 3.05) is 23.9 Å². The van der Waals surface area contributed by atoms with E-state index in [-0.39, 0.29) is 11.8 Å². The molecule has 25 heavy (non-hydrogen) atoms. The van der Waals surface area contributed by atoms with Gasteiger partial charge in [0.2, 0.25) is 0 Å². The van der Waals surface area contributed by atoms with Gasteiger partial charge in [-0.1, -0.05) is 6.07 Å². The van der Waals surface area contributed by atoms with Gasteiger partial charge in [0.1, 0.15) is 11.3 Å². The third-order valence-electron chi connectivity index (χ3n) is 4.24. The summed E-state index contributed by atoms with van der Waals surface area (Å²) in [5, 5.41) is 1.04. The van der Waals surface area contributed by atoms with Crippen molar-refractivity contribution < 1.29 is 14.0 Å². The number of hydrogen-bond donors (Lipinski definition) is 0. The second kappa shape index (κ2) is 5.63. The minimum atomic E-state index is -0.322. The summed E-state index contributed by atoms with van der Waals surface area (Å²) in [5.74, 6) is 0.0993. The molecule has 0 N–H and O–H groups in total. The van der Waals surface area contributed by atoms with Gasteiger partial charge in [0.15, 0.2) is 0 Å². The van der Waals surface area contributed by atoms with Gasteiger partial charge in [-0.2, -0.15) is 0 Å². The minimum Gasteiger partial charge on any atom is -0.456 e. The molecule has 0 bridgehead atoms. The van der Waals surface area contributed by atoms with E-state index < -0.39 is 0 Å². The number of benzene rings is 2. The van der Waals surface area contributed by atoms with E-state index in [0.717, 1.165) is 32.9 Å². The summed E-state index contributed by atoms with van der Waals surface area (Å²) in [6.07, 6.45) is 2.55. The number of hydrogen-bond acceptors (Lipinski definition) is 4. The molecule has 0 atom stereocenters. The number of furan rings is 1. The third-order valence-corrected chi connectivity index (χ3v) is 4.24. The van der Waals surface area contributed by atoms with Crippen molar-refractivity contribution in [1.29, 1.82) is 0 Å². The van der Waals surface area contributed by atoms with Gasteiger partial charge in [-0.15, -0.1) is 0 Å². The van der Waals surface area contributed by atoms with Crippen molar-refractivity contribution in [2.24, 2.45) is 0 Å². The Hall–Kier alpha value is -3.34. The van der Waals surface area contributed by atoms with Crippen LogP contribution >= 0.6 is 0 Å². The topological polar surface area (TPSA) is 53.8 Å². The summed E-state index contributed by atoms with van der Waals surface area (Å²) in [6, 6.07) is 15.1. The molecule has 2 heterocycles. The zero-order valence-corrected chi connectivity index (χ0v) is 13.9. The average Bonchev–Trinajstić information content (AvgIpc) is 3.18. The van der Waals surface area contributed by atoms with Gasteiger partial charge < -0.3 is 9.32 Å². The van der Waals surface area contributed by atoms with Crippen molar-refractivity contribution in [1.82, 2.24) is 0 Å². The summed E-state index contributed by atoms with van der Waals surface area (Å²) in [7, 11) is 3.99. The van der Waals surface area contributed by atoms with Crippen LogP contribution in [-0.4, -0.2) is 25.9 Å². The van der Waals surface area contributed by atoms with Crippen molar-refractivity contribution in [2.45, 2.75) is 0 Å². The van der Waals surface area contributed by atoms with E-state index in [9.17, 15) is 9.59 Å². The first kappa shape index (κ1) is 15.2. The van der Waals surface area contributed by atoms with Gasteiger partial charge in [0.25, 0.3) is 11.8 Å². The first-order valence-corrected chi connectivity index (χ1v) is 7.91. The van der Waals surface area contributed by atoms with Crippen molar-refractivity contribution in [3.05, 3.63) is 60.7 Å². The van der Waals surface area contributed by atoms with E-state index in [1.54, 1.807) is 12.1 Å². The maximum atomic E-state index is 11.8. The fourth-order valence-electron chi connectivity index (χ4n) is 3.01. The smallest absolute Gasteiger partial charge is 0.258 e. The van der Waals surface area contributed by atoms with E-state index in [2.05, 4.69) is 0 Å². The molecule has 2 aromatic carbocycles. The van der Waals surface area contributed by atoms with Crippen LogP contribution in [0.2, 0.25) is 0 Å². The van der Waals surface area contributed by atoms with E-state index in [0.29, 0.717) is 5.69 Å². The summed E-state index contributed by atoms with van der Waals surface area (Å²) >= 11 is 0. The van der Waals surface area contributed by atoms with Crippen LogP contribution in [0.3, 0.4) is 0 Å². The number of carbonyl (C=O) groups excluding carboxylic acids is 2. The number of nitrogens with zero attached hydrogens (tertiary/aromatic N) is 2. The molecule has 1 aliphatic heterocycles. The van der Waals surface area contributed by atoms with Crippen LogP contribution in [0.5, 0.6) is 0 Å². The molecule has 1 aromatic heterocycles. The van der Waals surface area contributed by atoms with E-state index in [1.165, 1.54) is 12.2 Å². The van der Waals surface area contributed by atoms with Gasteiger partial charge in [-0.25, -0.2) is 4.90 Å². The van der Waals surface area contributed by atoms with Crippen LogP contribution in [0, 0.1) is 0 Å². The van der Waals surface area contributed by atoms with Gasteiger partial charge in [0.05, 0.1) is 5.69 Å². The highest BCUT2D eigenvalue weighted by Crippen LogP contribution is 2.34. The molecule has 3 aromatic rings. The first-order chi connectivity index (χ1) is 12.0. The molecule has 0 saturated heterocycles. The van der Waals surface area contributed by atoms with E-state index >= 15 is 0 Å². The van der Waals surface area contributed by atoms with Gasteiger partial charge in [-0.3, -0.25) is 9.59 Å². The number of anilines is 2. The summed E-state index contributed by atoms with van der Waals surface area (Å²) < 4.78 is 5.97. The molecule has 5 nitrogen and oxygen atoms in total. The highest BCUT2D eigenvalue weighted by Gasteiger charge is 2.25. The maximum absolute atomic E-state index is 11.8. The van der Waals surface area contributed by atoms with E-state index in [1.807, 2.05) is 55.4 Å². The quantitative estimate of drug-likeness (QED) is 0.688. The maximum Gasteiger partial charge on any atom is 0.258 e. The minimum absolute atomic E-state index is 0.322. The zero-order chi connectivity index (χ0) is 17.6. The Morgan fingerprint density at radius 3 is 2.24 bits per heavy atom. The van der Waals surface area contributed by atoms with Crippen molar-refractivity contribution in [3.63, 3.8) is 0 Å². The predicted molar refractivity (Wildman–Crippen MR) is 97.6 cm³/mol. The average molecular weight is 332 g/mol. The molecule has 124 valence electrons. The highest BCUT2D eigenvalue weighted by atomic mass is 16.3. The van der Waals surface area contributed by atoms with Crippen molar-refractivity contribution >= 4 is 34.2 Å². The first-order valence-electron chi connectivity index (χ1n) is 7.91. The third kappa shape index (κ3) is 2.50.